The van der Waals surface area contributed by atoms with Crippen molar-refractivity contribution in [2.45, 2.75) is 6.04 Å². The minimum absolute atomic E-state index is 0.0865. The van der Waals surface area contributed by atoms with Crippen LogP contribution in [0.5, 0.6) is 5.88 Å². The second-order valence-electron chi connectivity index (χ2n) is 7.50. The first-order valence-corrected chi connectivity index (χ1v) is 10.5. The van der Waals surface area contributed by atoms with Crippen LogP contribution in [0, 0.1) is 5.82 Å². The van der Waals surface area contributed by atoms with E-state index in [9.17, 15) is 9.50 Å². The number of nitrogens with one attached hydrogen (secondary N) is 2. The summed E-state index contributed by atoms with van der Waals surface area (Å²) in [5, 5.41) is 15.4. The molecule has 150 valence electrons. The first-order valence-electron chi connectivity index (χ1n) is 9.64. The van der Waals surface area contributed by atoms with Gasteiger partial charge < -0.3 is 19.3 Å². The van der Waals surface area contributed by atoms with Crippen LogP contribution in [-0.2, 0) is 0 Å². The molecule has 1 aliphatic rings. The number of likely N-dealkylation sites (N-methyl/N-ethyl adjacent to an activating group) is 1. The van der Waals surface area contributed by atoms with Gasteiger partial charge in [-0.25, -0.2) is 4.39 Å². The van der Waals surface area contributed by atoms with Gasteiger partial charge >= 0.3 is 0 Å². The van der Waals surface area contributed by atoms with Crippen molar-refractivity contribution < 1.29 is 23.7 Å². The number of benzene rings is 1. The molecule has 0 bridgehead atoms. The zero-order valence-electron chi connectivity index (χ0n) is 15.9. The van der Waals surface area contributed by atoms with E-state index in [0.29, 0.717) is 16.5 Å². The largest absolute Gasteiger partial charge is 0.492 e. The summed E-state index contributed by atoms with van der Waals surface area (Å²) in [6.45, 7) is 4.05. The Balaban J connectivity index is 1.57. The first kappa shape index (κ1) is 18.3. The van der Waals surface area contributed by atoms with Crippen LogP contribution in [0.25, 0.3) is 16.5 Å². The summed E-state index contributed by atoms with van der Waals surface area (Å²) >= 11 is 1.42. The van der Waals surface area contributed by atoms with Crippen LogP contribution in [0.1, 0.15) is 16.5 Å². The van der Waals surface area contributed by atoms with E-state index < -0.39 is 0 Å². The molecule has 1 atom stereocenters. The highest BCUT2D eigenvalue weighted by atomic mass is 32.1. The number of quaternary nitrogens is 2. The van der Waals surface area contributed by atoms with Gasteiger partial charge in [-0.1, -0.05) is 11.3 Å². The fraction of sp³-hybridized carbons (Fsp3) is 0.300. The van der Waals surface area contributed by atoms with Gasteiger partial charge in [0.05, 0.1) is 13.3 Å². The van der Waals surface area contributed by atoms with Crippen molar-refractivity contribution in [1.29, 1.82) is 0 Å². The number of nitrogens with zero attached hydrogens (tertiary/aromatic N) is 3. The number of aromatic nitrogens is 3. The topological polar surface area (TPSA) is 72.4 Å². The lowest BCUT2D eigenvalue weighted by atomic mass is 10.0. The van der Waals surface area contributed by atoms with Crippen molar-refractivity contribution in [3.63, 3.8) is 0 Å². The molecule has 1 aliphatic heterocycles. The zero-order valence-corrected chi connectivity index (χ0v) is 16.7. The number of fused-ring (bicyclic) bond motifs is 1. The third-order valence-electron chi connectivity index (χ3n) is 5.56. The Morgan fingerprint density at radius 1 is 1.17 bits per heavy atom. The Morgan fingerprint density at radius 3 is 2.59 bits per heavy atom. The molecule has 9 heteroatoms. The van der Waals surface area contributed by atoms with E-state index >= 15 is 0 Å². The average Bonchev–Trinajstić information content (AvgIpc) is 3.44. The minimum atomic E-state index is -0.264. The molecule has 0 unspecified atom stereocenters. The van der Waals surface area contributed by atoms with Crippen LogP contribution in [-0.4, -0.2) is 52.9 Å². The second kappa shape index (κ2) is 7.25. The molecule has 4 heterocycles. The number of rotatable bonds is 4. The number of furan rings is 1. The Hall–Kier alpha value is -2.75. The van der Waals surface area contributed by atoms with E-state index in [0.717, 1.165) is 36.6 Å². The normalized spacial score (nSPS) is 20.9. The monoisotopic (exact) mass is 415 g/mol. The van der Waals surface area contributed by atoms with E-state index in [1.54, 1.807) is 18.4 Å². The summed E-state index contributed by atoms with van der Waals surface area (Å²) in [4.78, 5) is 8.79. The van der Waals surface area contributed by atoms with E-state index in [4.69, 9.17) is 4.42 Å². The maximum atomic E-state index is 13.5. The van der Waals surface area contributed by atoms with Crippen LogP contribution >= 0.6 is 11.3 Å². The SMILES string of the molecule is C[NH+]1CC[NH+]([C@H](c2ccc(F)cc2)c2sc3nc(-c4ccco4)nn3c2O)CC1. The first-order chi connectivity index (χ1) is 14.1. The van der Waals surface area contributed by atoms with Crippen molar-refractivity contribution in [2.24, 2.45) is 0 Å². The summed E-state index contributed by atoms with van der Waals surface area (Å²) in [6, 6.07) is 10.0. The zero-order chi connectivity index (χ0) is 20.0. The predicted octanol–water partition coefficient (Wildman–Crippen LogP) is 0.398. The molecule has 29 heavy (non-hydrogen) atoms. The van der Waals surface area contributed by atoms with Gasteiger partial charge in [0.1, 0.15) is 36.9 Å². The van der Waals surface area contributed by atoms with Crippen LogP contribution in [0.3, 0.4) is 0 Å². The van der Waals surface area contributed by atoms with Gasteiger partial charge in [0.25, 0.3) is 0 Å². The molecule has 3 aromatic heterocycles. The maximum Gasteiger partial charge on any atom is 0.235 e. The molecule has 0 radical (unpaired) electrons. The van der Waals surface area contributed by atoms with Crippen LogP contribution < -0.4 is 9.80 Å². The summed E-state index contributed by atoms with van der Waals surface area (Å²) in [5.41, 5.74) is 0.979. The van der Waals surface area contributed by atoms with Crippen molar-refractivity contribution in [3.05, 3.63) is 58.9 Å². The Bertz CT molecular complexity index is 1110. The molecular formula is C20H22FN5O2S+2. The fourth-order valence-electron chi connectivity index (χ4n) is 3.96. The quantitative estimate of drug-likeness (QED) is 0.451. The number of halogens is 1. The van der Waals surface area contributed by atoms with E-state index in [2.05, 4.69) is 17.1 Å². The molecule has 3 N–H and O–H groups in total. The van der Waals surface area contributed by atoms with Crippen LogP contribution in [0.2, 0.25) is 0 Å². The number of hydrogen-bond acceptors (Lipinski definition) is 5. The van der Waals surface area contributed by atoms with E-state index in [1.807, 2.05) is 12.1 Å². The van der Waals surface area contributed by atoms with E-state index in [1.165, 1.54) is 37.8 Å². The number of hydrogen-bond donors (Lipinski definition) is 3. The molecule has 0 saturated carbocycles. The maximum absolute atomic E-state index is 13.5. The second-order valence-corrected chi connectivity index (χ2v) is 8.51. The Labute approximate surface area is 170 Å². The predicted molar refractivity (Wildman–Crippen MR) is 106 cm³/mol. The highest BCUT2D eigenvalue weighted by Crippen LogP contribution is 2.36. The van der Waals surface area contributed by atoms with Crippen molar-refractivity contribution in [3.8, 4) is 17.5 Å². The molecular weight excluding hydrogens is 393 g/mol. The van der Waals surface area contributed by atoms with Crippen molar-refractivity contribution >= 4 is 16.3 Å². The van der Waals surface area contributed by atoms with Crippen molar-refractivity contribution in [2.75, 3.05) is 33.2 Å². The van der Waals surface area contributed by atoms with Gasteiger partial charge in [-0.2, -0.15) is 9.50 Å². The third-order valence-corrected chi connectivity index (χ3v) is 6.65. The lowest BCUT2D eigenvalue weighted by molar-refractivity contribution is -1.02. The van der Waals surface area contributed by atoms with Gasteiger partial charge in [0, 0.05) is 5.56 Å². The molecule has 0 spiro atoms. The average molecular weight is 415 g/mol. The van der Waals surface area contributed by atoms with Gasteiger partial charge in [-0.05, 0) is 36.4 Å². The molecule has 1 saturated heterocycles. The molecule has 1 fully saturated rings. The highest BCUT2D eigenvalue weighted by Gasteiger charge is 2.35. The Morgan fingerprint density at radius 2 is 1.93 bits per heavy atom. The Kier molecular flexibility index (Phi) is 4.57. The van der Waals surface area contributed by atoms with Gasteiger partial charge in [-0.15, -0.1) is 5.10 Å². The number of aromatic hydroxyl groups is 1. The minimum Gasteiger partial charge on any atom is -0.492 e. The summed E-state index contributed by atoms with van der Waals surface area (Å²) < 4.78 is 20.4. The lowest BCUT2D eigenvalue weighted by Crippen LogP contribution is -3.27. The lowest BCUT2D eigenvalue weighted by Gasteiger charge is -2.33. The summed E-state index contributed by atoms with van der Waals surface area (Å²) in [7, 11) is 2.19. The fourth-order valence-corrected chi connectivity index (χ4v) is 5.10. The number of piperazine rings is 1. The molecule has 1 aromatic carbocycles. The van der Waals surface area contributed by atoms with Gasteiger partial charge in [0.15, 0.2) is 11.8 Å². The molecule has 5 rings (SSSR count). The highest BCUT2D eigenvalue weighted by molar-refractivity contribution is 7.17. The van der Waals surface area contributed by atoms with Crippen molar-refractivity contribution in [1.82, 2.24) is 14.6 Å². The smallest absolute Gasteiger partial charge is 0.235 e. The molecule has 0 amide bonds. The summed E-state index contributed by atoms with van der Waals surface area (Å²) in [6.07, 6.45) is 1.57. The molecule has 4 aromatic rings. The third kappa shape index (κ3) is 3.31. The van der Waals surface area contributed by atoms with Gasteiger partial charge in [0.2, 0.25) is 16.7 Å². The summed E-state index contributed by atoms with van der Waals surface area (Å²) in [5.74, 6) is 0.824. The van der Waals surface area contributed by atoms with Gasteiger partial charge in [-0.3, -0.25) is 0 Å². The standard InChI is InChI=1S/C20H20FN5O2S/c1-24-8-10-25(11-9-24)16(13-4-6-14(21)7-5-13)17-19(27)26-20(29-17)22-18(23-26)15-3-2-12-28-15/h2-7,12,16,27H,8-11H2,1H3/p+2/t16-/m1/s1. The molecule has 0 aliphatic carbocycles. The molecule has 7 nitrogen and oxygen atoms in total. The van der Waals surface area contributed by atoms with Crippen LogP contribution in [0.15, 0.2) is 47.1 Å². The number of thiazole rings is 1. The van der Waals surface area contributed by atoms with E-state index in [-0.39, 0.29) is 17.7 Å². The van der Waals surface area contributed by atoms with Crippen LogP contribution in [0.4, 0.5) is 4.39 Å².